The maximum Gasteiger partial charge on any atom is 0.268 e. The molecule has 6 heteroatoms. The molecule has 0 aliphatic rings. The van der Waals surface area contributed by atoms with Crippen molar-refractivity contribution < 1.29 is 9.59 Å². The summed E-state index contributed by atoms with van der Waals surface area (Å²) in [6.07, 6.45) is 1.88. The van der Waals surface area contributed by atoms with Gasteiger partial charge in [-0.25, -0.2) is 0 Å². The van der Waals surface area contributed by atoms with E-state index in [0.717, 1.165) is 5.56 Å². The lowest BCUT2D eigenvalue weighted by Gasteiger charge is -2.21. The molecule has 3 rings (SSSR count). The molecular weight excluding hydrogens is 358 g/mol. The molecule has 0 radical (unpaired) electrons. The van der Waals surface area contributed by atoms with Gasteiger partial charge in [0, 0.05) is 24.2 Å². The molecule has 1 N–H and O–H groups in total. The monoisotopic (exact) mass is 381 g/mol. The molecule has 0 saturated heterocycles. The van der Waals surface area contributed by atoms with Crippen LogP contribution in [0.5, 0.6) is 0 Å². The van der Waals surface area contributed by atoms with Crippen LogP contribution in [0.15, 0.2) is 66.2 Å². The first-order valence-electron chi connectivity index (χ1n) is 8.94. The van der Waals surface area contributed by atoms with Gasteiger partial charge in [0.1, 0.15) is 5.69 Å². The summed E-state index contributed by atoms with van der Waals surface area (Å²) in [7, 11) is 0. The fraction of sp³-hybridized carbons (Fsp3) is 0.238. The van der Waals surface area contributed by atoms with Crippen molar-refractivity contribution in [1.82, 2.24) is 14.8 Å². The van der Waals surface area contributed by atoms with Gasteiger partial charge in [-0.1, -0.05) is 36.4 Å². The second-order valence-corrected chi connectivity index (χ2v) is 7.21. The molecule has 0 atom stereocenters. The van der Waals surface area contributed by atoms with Crippen LogP contribution in [0, 0.1) is 0 Å². The van der Waals surface area contributed by atoms with Gasteiger partial charge in [-0.15, -0.1) is 11.3 Å². The predicted molar refractivity (Wildman–Crippen MR) is 108 cm³/mol. The van der Waals surface area contributed by atoms with Crippen LogP contribution >= 0.6 is 11.3 Å². The first kappa shape index (κ1) is 18.9. The minimum absolute atomic E-state index is 0.0102. The van der Waals surface area contributed by atoms with Crippen LogP contribution in [-0.2, 0) is 17.9 Å². The molecule has 0 spiro atoms. The van der Waals surface area contributed by atoms with E-state index in [0.29, 0.717) is 25.3 Å². The van der Waals surface area contributed by atoms with Crippen LogP contribution < -0.4 is 5.32 Å². The second-order valence-electron chi connectivity index (χ2n) is 6.18. The number of amides is 2. The maximum absolute atomic E-state index is 12.5. The minimum Gasteiger partial charge on any atom is -0.342 e. The molecule has 2 amide bonds. The Kier molecular flexibility index (Phi) is 6.44. The van der Waals surface area contributed by atoms with Crippen molar-refractivity contribution in [3.63, 3.8) is 0 Å². The standard InChI is InChI=1S/C21H23N3O2S/c1-2-23(15-17-8-4-3-5-9-17)20(25)14-22-21(26)19-11-6-12-24(19)16-18-10-7-13-27-18/h3-13H,2,14-16H2,1H3,(H,22,26). The highest BCUT2D eigenvalue weighted by Gasteiger charge is 2.16. The number of aromatic nitrogens is 1. The van der Waals surface area contributed by atoms with Crippen LogP contribution in [0.1, 0.15) is 27.9 Å². The average molecular weight is 382 g/mol. The van der Waals surface area contributed by atoms with E-state index in [1.165, 1.54) is 4.88 Å². The fourth-order valence-electron chi connectivity index (χ4n) is 2.87. The van der Waals surface area contributed by atoms with Crippen molar-refractivity contribution in [2.24, 2.45) is 0 Å². The summed E-state index contributed by atoms with van der Waals surface area (Å²) in [6.45, 7) is 3.72. The number of carbonyl (C=O) groups excluding carboxylic acids is 2. The molecule has 3 aromatic rings. The molecule has 0 aliphatic carbocycles. The zero-order valence-electron chi connectivity index (χ0n) is 15.3. The molecule has 0 aliphatic heterocycles. The number of hydrogen-bond acceptors (Lipinski definition) is 3. The minimum atomic E-state index is -0.235. The molecule has 0 bridgehead atoms. The third-order valence-corrected chi connectivity index (χ3v) is 5.18. The van der Waals surface area contributed by atoms with Gasteiger partial charge in [0.05, 0.1) is 13.1 Å². The van der Waals surface area contributed by atoms with Crippen LogP contribution in [-0.4, -0.2) is 34.4 Å². The predicted octanol–water partition coefficient (Wildman–Crippen LogP) is 3.38. The molecule has 2 heterocycles. The van der Waals surface area contributed by atoms with Crippen molar-refractivity contribution in [3.8, 4) is 0 Å². The van der Waals surface area contributed by atoms with Gasteiger partial charge in [0.25, 0.3) is 5.91 Å². The summed E-state index contributed by atoms with van der Waals surface area (Å²) in [4.78, 5) is 27.9. The van der Waals surface area contributed by atoms with Gasteiger partial charge in [-0.2, -0.15) is 0 Å². The Morgan fingerprint density at radius 2 is 1.89 bits per heavy atom. The Bertz CT molecular complexity index is 872. The number of nitrogens with one attached hydrogen (secondary N) is 1. The van der Waals surface area contributed by atoms with Crippen LogP contribution in [0.25, 0.3) is 0 Å². The zero-order valence-corrected chi connectivity index (χ0v) is 16.1. The summed E-state index contributed by atoms with van der Waals surface area (Å²) >= 11 is 1.65. The van der Waals surface area contributed by atoms with Gasteiger partial charge < -0.3 is 14.8 Å². The van der Waals surface area contributed by atoms with Crippen molar-refractivity contribution in [2.45, 2.75) is 20.0 Å². The van der Waals surface area contributed by atoms with Crippen molar-refractivity contribution >= 4 is 23.2 Å². The largest absolute Gasteiger partial charge is 0.342 e. The summed E-state index contributed by atoms with van der Waals surface area (Å²) in [5.41, 5.74) is 1.63. The van der Waals surface area contributed by atoms with E-state index in [4.69, 9.17) is 0 Å². The first-order chi connectivity index (χ1) is 13.2. The Balaban J connectivity index is 1.57. The fourth-order valence-corrected chi connectivity index (χ4v) is 3.57. The van der Waals surface area contributed by atoms with Gasteiger partial charge in [-0.05, 0) is 36.1 Å². The molecule has 5 nitrogen and oxygen atoms in total. The maximum atomic E-state index is 12.5. The number of likely N-dealkylation sites (N-methyl/N-ethyl adjacent to an activating group) is 1. The van der Waals surface area contributed by atoms with E-state index >= 15 is 0 Å². The lowest BCUT2D eigenvalue weighted by atomic mass is 10.2. The summed E-state index contributed by atoms with van der Waals surface area (Å²) in [6, 6.07) is 17.5. The van der Waals surface area contributed by atoms with Crippen LogP contribution in [0.3, 0.4) is 0 Å². The molecule has 140 valence electrons. The first-order valence-corrected chi connectivity index (χ1v) is 9.82. The molecule has 0 unspecified atom stereocenters. The van der Waals surface area contributed by atoms with E-state index in [1.54, 1.807) is 22.3 Å². The number of carbonyl (C=O) groups is 2. The topological polar surface area (TPSA) is 54.3 Å². The normalized spacial score (nSPS) is 10.6. The van der Waals surface area contributed by atoms with E-state index in [-0.39, 0.29) is 18.4 Å². The highest BCUT2D eigenvalue weighted by Crippen LogP contribution is 2.13. The number of rotatable bonds is 8. The second kappa shape index (κ2) is 9.19. The highest BCUT2D eigenvalue weighted by molar-refractivity contribution is 7.09. The molecular formula is C21H23N3O2S. The SMILES string of the molecule is CCN(Cc1ccccc1)C(=O)CNC(=O)c1cccn1Cc1cccs1. The van der Waals surface area contributed by atoms with Crippen molar-refractivity contribution in [2.75, 3.05) is 13.1 Å². The summed E-state index contributed by atoms with van der Waals surface area (Å²) in [5.74, 6) is -0.327. The van der Waals surface area contributed by atoms with Crippen molar-refractivity contribution in [3.05, 3.63) is 82.3 Å². The summed E-state index contributed by atoms with van der Waals surface area (Å²) < 4.78 is 1.90. The lowest BCUT2D eigenvalue weighted by molar-refractivity contribution is -0.130. The van der Waals surface area contributed by atoms with Crippen LogP contribution in [0.2, 0.25) is 0 Å². The van der Waals surface area contributed by atoms with Crippen LogP contribution in [0.4, 0.5) is 0 Å². The van der Waals surface area contributed by atoms with E-state index in [1.807, 2.05) is 71.6 Å². The number of hydrogen-bond donors (Lipinski definition) is 1. The molecule has 1 aromatic carbocycles. The third-order valence-electron chi connectivity index (χ3n) is 4.32. The Hall–Kier alpha value is -2.86. The molecule has 2 aromatic heterocycles. The smallest absolute Gasteiger partial charge is 0.268 e. The van der Waals surface area contributed by atoms with Gasteiger partial charge in [0.2, 0.25) is 5.91 Å². The lowest BCUT2D eigenvalue weighted by Crippen LogP contribution is -2.40. The highest BCUT2D eigenvalue weighted by atomic mass is 32.1. The summed E-state index contributed by atoms with van der Waals surface area (Å²) in [5, 5.41) is 4.78. The number of nitrogens with zero attached hydrogens (tertiary/aromatic N) is 2. The average Bonchev–Trinajstić information content (AvgIpc) is 3.37. The Labute approximate surface area is 163 Å². The van der Waals surface area contributed by atoms with Gasteiger partial charge in [-0.3, -0.25) is 9.59 Å². The Morgan fingerprint density at radius 3 is 2.59 bits per heavy atom. The quantitative estimate of drug-likeness (QED) is 0.650. The van der Waals surface area contributed by atoms with Crippen molar-refractivity contribution in [1.29, 1.82) is 0 Å². The van der Waals surface area contributed by atoms with Gasteiger partial charge in [0.15, 0.2) is 0 Å². The van der Waals surface area contributed by atoms with E-state index < -0.39 is 0 Å². The molecule has 0 fully saturated rings. The van der Waals surface area contributed by atoms with E-state index in [2.05, 4.69) is 5.32 Å². The zero-order chi connectivity index (χ0) is 19.1. The number of benzene rings is 1. The van der Waals surface area contributed by atoms with Gasteiger partial charge >= 0.3 is 0 Å². The number of thiophene rings is 1. The van der Waals surface area contributed by atoms with E-state index in [9.17, 15) is 9.59 Å². The third kappa shape index (κ3) is 5.08. The molecule has 27 heavy (non-hydrogen) atoms. The molecule has 0 saturated carbocycles. The Morgan fingerprint density at radius 1 is 1.07 bits per heavy atom.